The maximum atomic E-state index is 11.7. The lowest BCUT2D eigenvalue weighted by atomic mass is 10.1. The first kappa shape index (κ1) is 18.0. The number of ether oxygens (including phenoxy) is 1. The quantitative estimate of drug-likeness (QED) is 0.342. The van der Waals surface area contributed by atoms with Crippen molar-refractivity contribution in [3.05, 3.63) is 81.4 Å². The van der Waals surface area contributed by atoms with Gasteiger partial charge in [-0.2, -0.15) is 0 Å². The van der Waals surface area contributed by atoms with Gasteiger partial charge in [0.15, 0.2) is 0 Å². The Kier molecular flexibility index (Phi) is 6.53. The number of hydrogen-bond acceptors (Lipinski definition) is 6. The maximum absolute atomic E-state index is 11.7. The van der Waals surface area contributed by atoms with Gasteiger partial charge in [-0.3, -0.25) is 0 Å². The van der Waals surface area contributed by atoms with Crippen molar-refractivity contribution in [1.82, 2.24) is 0 Å². The summed E-state index contributed by atoms with van der Waals surface area (Å²) >= 11 is 0. The summed E-state index contributed by atoms with van der Waals surface area (Å²) in [7, 11) is 0. The van der Waals surface area contributed by atoms with Crippen molar-refractivity contribution < 1.29 is 24.6 Å². The molecule has 0 aliphatic carbocycles. The highest BCUT2D eigenvalue weighted by atomic mass is 16.9. The highest BCUT2D eigenvalue weighted by molar-refractivity contribution is 5.87. The second-order valence-electron chi connectivity index (χ2n) is 5.16. The summed E-state index contributed by atoms with van der Waals surface area (Å²) in [6.07, 6.45) is 3.34. The number of nitrogens with zero attached hydrogens (tertiary/aromatic N) is 1. The van der Waals surface area contributed by atoms with E-state index in [1.807, 2.05) is 0 Å². The van der Waals surface area contributed by atoms with Crippen molar-refractivity contribution in [2.24, 2.45) is 0 Å². The number of benzene rings is 2. The Balaban J connectivity index is 1.77. The van der Waals surface area contributed by atoms with E-state index in [9.17, 15) is 20.0 Å². The largest absolute Gasteiger partial charge is 0.508 e. The Bertz CT molecular complexity index is 737. The van der Waals surface area contributed by atoms with E-state index in [2.05, 4.69) is 4.84 Å². The van der Waals surface area contributed by atoms with Gasteiger partial charge >= 0.3 is 5.97 Å². The highest BCUT2D eigenvalue weighted by Gasteiger charge is 2.01. The van der Waals surface area contributed by atoms with Gasteiger partial charge in [-0.25, -0.2) is 4.79 Å². The third-order valence-corrected chi connectivity index (χ3v) is 3.30. The third-order valence-electron chi connectivity index (χ3n) is 3.30. The number of esters is 1. The number of carbonyl (C=O) groups is 1. The molecule has 0 saturated carbocycles. The maximum Gasteiger partial charge on any atom is 0.331 e. The molecule has 130 valence electrons. The summed E-state index contributed by atoms with van der Waals surface area (Å²) in [6, 6.07) is 13.6. The van der Waals surface area contributed by atoms with Crippen LogP contribution in [-0.4, -0.2) is 22.8 Å². The average Bonchev–Trinajstić information content (AvgIpc) is 2.60. The fourth-order valence-electron chi connectivity index (χ4n) is 1.99. The number of hydrogen-bond donors (Lipinski definition) is 1. The second-order valence-corrected chi connectivity index (χ2v) is 5.16. The minimum absolute atomic E-state index is 0.00336. The van der Waals surface area contributed by atoms with Crippen LogP contribution in [0, 0.1) is 10.1 Å². The zero-order valence-electron chi connectivity index (χ0n) is 13.3. The minimum Gasteiger partial charge on any atom is -0.508 e. The molecule has 0 aliphatic rings. The van der Waals surface area contributed by atoms with Gasteiger partial charge in [0.2, 0.25) is 0 Å². The predicted molar refractivity (Wildman–Crippen MR) is 90.0 cm³/mol. The molecule has 0 amide bonds. The number of phenols is 1. The van der Waals surface area contributed by atoms with Crippen molar-refractivity contribution in [3.63, 3.8) is 0 Å². The van der Waals surface area contributed by atoms with E-state index in [1.165, 1.54) is 18.2 Å². The Morgan fingerprint density at radius 1 is 1.08 bits per heavy atom. The summed E-state index contributed by atoms with van der Waals surface area (Å²) in [4.78, 5) is 26.0. The molecule has 2 aromatic rings. The van der Waals surface area contributed by atoms with Crippen LogP contribution in [0.15, 0.2) is 54.6 Å². The molecule has 25 heavy (non-hydrogen) atoms. The molecule has 7 nitrogen and oxygen atoms in total. The van der Waals surface area contributed by atoms with Crippen LogP contribution in [0.1, 0.15) is 16.7 Å². The SMILES string of the molecule is O=C(C=Cc1ccc(O)cc1)OCc1ccc(CCO[N+](=O)[O-])cc1. The number of phenolic OH excluding ortho intramolecular Hbond substituents is 1. The molecule has 0 saturated heterocycles. The first-order valence-corrected chi connectivity index (χ1v) is 7.52. The molecule has 0 aromatic heterocycles. The molecular formula is C18H17NO6. The fourth-order valence-corrected chi connectivity index (χ4v) is 1.99. The van der Waals surface area contributed by atoms with Gasteiger partial charge in [0.25, 0.3) is 5.09 Å². The standard InChI is InChI=1S/C18H17NO6/c20-17-8-5-14(6-9-17)7-10-18(21)24-13-16-3-1-15(2-4-16)11-12-25-19(22)23/h1-10,20H,11-13H2. The lowest BCUT2D eigenvalue weighted by Crippen LogP contribution is -2.05. The predicted octanol–water partition coefficient (Wildman–Crippen LogP) is 2.90. The molecule has 0 radical (unpaired) electrons. The van der Waals surface area contributed by atoms with Crippen LogP contribution in [-0.2, 0) is 27.4 Å². The van der Waals surface area contributed by atoms with Crippen LogP contribution in [0.3, 0.4) is 0 Å². The molecule has 0 unspecified atom stereocenters. The van der Waals surface area contributed by atoms with Gasteiger partial charge in [-0.05, 0) is 41.3 Å². The van der Waals surface area contributed by atoms with Crippen LogP contribution < -0.4 is 0 Å². The Hall–Kier alpha value is -3.35. The molecule has 0 atom stereocenters. The normalized spacial score (nSPS) is 10.6. The Morgan fingerprint density at radius 3 is 2.36 bits per heavy atom. The molecule has 0 heterocycles. The van der Waals surface area contributed by atoms with Gasteiger partial charge in [0.05, 0.1) is 0 Å². The van der Waals surface area contributed by atoms with Crippen LogP contribution in [0.25, 0.3) is 6.08 Å². The fraction of sp³-hybridized carbons (Fsp3) is 0.167. The highest BCUT2D eigenvalue weighted by Crippen LogP contribution is 2.11. The molecule has 0 fully saturated rings. The lowest BCUT2D eigenvalue weighted by molar-refractivity contribution is -0.757. The molecule has 2 rings (SSSR count). The monoisotopic (exact) mass is 343 g/mol. The molecule has 7 heteroatoms. The molecular weight excluding hydrogens is 326 g/mol. The van der Waals surface area contributed by atoms with Crippen LogP contribution in [0.2, 0.25) is 0 Å². The van der Waals surface area contributed by atoms with Gasteiger partial charge < -0.3 is 14.7 Å². The average molecular weight is 343 g/mol. The minimum atomic E-state index is -0.820. The van der Waals surface area contributed by atoms with E-state index in [0.717, 1.165) is 16.7 Å². The van der Waals surface area contributed by atoms with Crippen molar-refractivity contribution in [2.45, 2.75) is 13.0 Å². The molecule has 1 N–H and O–H groups in total. The second kappa shape index (κ2) is 9.07. The van der Waals surface area contributed by atoms with E-state index < -0.39 is 11.1 Å². The summed E-state index contributed by atoms with van der Waals surface area (Å²) in [5, 5.41) is 18.4. The molecule has 0 aliphatic heterocycles. The molecule has 2 aromatic carbocycles. The van der Waals surface area contributed by atoms with E-state index in [0.29, 0.717) is 6.42 Å². The Morgan fingerprint density at radius 2 is 1.72 bits per heavy atom. The van der Waals surface area contributed by atoms with Gasteiger partial charge in [-0.1, -0.05) is 36.4 Å². The van der Waals surface area contributed by atoms with Crippen molar-refractivity contribution in [3.8, 4) is 5.75 Å². The molecule has 0 bridgehead atoms. The van der Waals surface area contributed by atoms with E-state index >= 15 is 0 Å². The van der Waals surface area contributed by atoms with Crippen molar-refractivity contribution in [1.29, 1.82) is 0 Å². The molecule has 0 spiro atoms. The smallest absolute Gasteiger partial charge is 0.331 e. The topological polar surface area (TPSA) is 98.9 Å². The summed E-state index contributed by atoms with van der Waals surface area (Å²) < 4.78 is 5.14. The summed E-state index contributed by atoms with van der Waals surface area (Å²) in [5.74, 6) is -0.315. The van der Waals surface area contributed by atoms with Gasteiger partial charge in [-0.15, -0.1) is 10.1 Å². The number of aromatic hydroxyl groups is 1. The lowest BCUT2D eigenvalue weighted by Gasteiger charge is -2.04. The van der Waals surface area contributed by atoms with Gasteiger partial charge in [0, 0.05) is 6.08 Å². The zero-order valence-corrected chi connectivity index (χ0v) is 13.3. The number of rotatable bonds is 8. The summed E-state index contributed by atoms with van der Waals surface area (Å²) in [5.41, 5.74) is 2.48. The zero-order chi connectivity index (χ0) is 18.1. The van der Waals surface area contributed by atoms with Crippen molar-refractivity contribution >= 4 is 12.0 Å². The summed E-state index contributed by atoms with van der Waals surface area (Å²) in [6.45, 7) is 0.133. The first-order valence-electron chi connectivity index (χ1n) is 7.52. The van der Waals surface area contributed by atoms with Gasteiger partial charge in [0.1, 0.15) is 19.0 Å². The van der Waals surface area contributed by atoms with E-state index in [4.69, 9.17) is 4.74 Å². The van der Waals surface area contributed by atoms with Crippen molar-refractivity contribution in [2.75, 3.05) is 6.61 Å². The third kappa shape index (κ3) is 6.74. The van der Waals surface area contributed by atoms with Crippen LogP contribution in [0.5, 0.6) is 5.75 Å². The Labute approximate surface area is 144 Å². The number of carbonyl (C=O) groups excluding carboxylic acids is 1. The first-order chi connectivity index (χ1) is 12.0. The van der Waals surface area contributed by atoms with E-state index in [1.54, 1.807) is 42.5 Å². The van der Waals surface area contributed by atoms with Crippen LogP contribution >= 0.6 is 0 Å². The van der Waals surface area contributed by atoms with Crippen LogP contribution in [0.4, 0.5) is 0 Å². The van der Waals surface area contributed by atoms with E-state index in [-0.39, 0.29) is 19.0 Å².